The zero-order chi connectivity index (χ0) is 16.9. The van der Waals surface area contributed by atoms with Gasteiger partial charge in [0.1, 0.15) is 0 Å². The lowest BCUT2D eigenvalue weighted by Crippen LogP contribution is -2.47. The predicted molar refractivity (Wildman–Crippen MR) is 76.9 cm³/mol. The third kappa shape index (κ3) is 5.22. The molecule has 0 fully saturated rings. The average Bonchev–Trinajstić information content (AvgIpc) is 2.41. The molecule has 124 valence electrons. The number of nitrogens with zero attached hydrogens (tertiary/aromatic N) is 1. The van der Waals surface area contributed by atoms with Gasteiger partial charge in [-0.05, 0) is 44.9 Å². The van der Waals surface area contributed by atoms with E-state index in [0.717, 1.165) is 12.1 Å². The van der Waals surface area contributed by atoms with E-state index >= 15 is 0 Å². The van der Waals surface area contributed by atoms with Crippen LogP contribution in [0.5, 0.6) is 0 Å². The first kappa shape index (κ1) is 18.3. The highest BCUT2D eigenvalue weighted by molar-refractivity contribution is 5.74. The zero-order valence-electron chi connectivity index (χ0n) is 12.9. The van der Waals surface area contributed by atoms with Gasteiger partial charge in [-0.1, -0.05) is 0 Å². The Bertz CT molecular complexity index is 499. The maximum atomic E-state index is 13.1. The third-order valence-corrected chi connectivity index (χ3v) is 3.08. The highest BCUT2D eigenvalue weighted by Gasteiger charge is 2.18. The summed E-state index contributed by atoms with van der Waals surface area (Å²) in [6.45, 7) is 5.53. The Morgan fingerprint density at radius 1 is 1.23 bits per heavy atom. The van der Waals surface area contributed by atoms with Crippen LogP contribution in [0.15, 0.2) is 12.1 Å². The van der Waals surface area contributed by atoms with Crippen molar-refractivity contribution in [2.45, 2.75) is 39.3 Å². The number of hydrogen-bond donors (Lipinski definition) is 2. The van der Waals surface area contributed by atoms with Crippen molar-refractivity contribution in [3.05, 3.63) is 35.1 Å². The van der Waals surface area contributed by atoms with E-state index in [9.17, 15) is 23.1 Å². The van der Waals surface area contributed by atoms with Crippen LogP contribution < -0.4 is 5.32 Å². The number of urea groups is 1. The van der Waals surface area contributed by atoms with E-state index < -0.39 is 23.6 Å². The van der Waals surface area contributed by atoms with Gasteiger partial charge >= 0.3 is 6.03 Å². The first-order valence-electron chi connectivity index (χ1n) is 7.08. The van der Waals surface area contributed by atoms with E-state index in [4.69, 9.17) is 0 Å². The van der Waals surface area contributed by atoms with E-state index in [1.54, 1.807) is 6.92 Å². The zero-order valence-corrected chi connectivity index (χ0v) is 12.9. The van der Waals surface area contributed by atoms with E-state index in [1.807, 2.05) is 13.8 Å². The van der Waals surface area contributed by atoms with Crippen LogP contribution in [-0.2, 0) is 6.42 Å². The molecule has 0 aliphatic heterocycles. The first-order chi connectivity index (χ1) is 10.2. The smallest absolute Gasteiger partial charge is 0.317 e. The van der Waals surface area contributed by atoms with Gasteiger partial charge in [0.05, 0.1) is 6.10 Å². The summed E-state index contributed by atoms with van der Waals surface area (Å²) < 4.78 is 39.0. The number of nitrogens with one attached hydrogen (secondary N) is 1. The highest BCUT2D eigenvalue weighted by atomic mass is 19.2. The minimum atomic E-state index is -1.50. The molecule has 7 heteroatoms. The van der Waals surface area contributed by atoms with Gasteiger partial charge in [0, 0.05) is 19.1 Å². The molecule has 0 aliphatic rings. The van der Waals surface area contributed by atoms with E-state index in [0.29, 0.717) is 0 Å². The lowest BCUT2D eigenvalue weighted by Gasteiger charge is -2.28. The van der Waals surface area contributed by atoms with Crippen LogP contribution in [0.3, 0.4) is 0 Å². The Labute approximate surface area is 127 Å². The molecule has 1 rings (SSSR count). The fraction of sp³-hybridized carbons (Fsp3) is 0.533. The number of carbonyl (C=O) groups is 1. The molecule has 0 saturated heterocycles. The summed E-state index contributed by atoms with van der Waals surface area (Å²) in [5.74, 6) is -4.01. The number of aliphatic hydroxyl groups is 1. The van der Waals surface area contributed by atoms with Crippen molar-refractivity contribution in [1.82, 2.24) is 10.2 Å². The molecule has 0 aromatic heterocycles. The maximum Gasteiger partial charge on any atom is 0.317 e. The molecule has 1 aromatic carbocycles. The molecule has 0 bridgehead atoms. The number of halogens is 3. The molecular formula is C15H21F3N2O2. The largest absolute Gasteiger partial charge is 0.392 e. The van der Waals surface area contributed by atoms with Gasteiger partial charge in [0.2, 0.25) is 0 Å². The van der Waals surface area contributed by atoms with Crippen LogP contribution in [0.25, 0.3) is 0 Å². The van der Waals surface area contributed by atoms with Crippen LogP contribution in [0.4, 0.5) is 18.0 Å². The second-order valence-corrected chi connectivity index (χ2v) is 5.45. The summed E-state index contributed by atoms with van der Waals surface area (Å²) in [6.07, 6.45) is -0.492. The van der Waals surface area contributed by atoms with Crippen molar-refractivity contribution >= 4 is 6.03 Å². The number of hydrogen-bond acceptors (Lipinski definition) is 2. The Kier molecular flexibility index (Phi) is 6.67. The van der Waals surface area contributed by atoms with Gasteiger partial charge in [-0.15, -0.1) is 0 Å². The quantitative estimate of drug-likeness (QED) is 0.792. The summed E-state index contributed by atoms with van der Waals surface area (Å²) in [6, 6.07) is 1.33. The van der Waals surface area contributed by atoms with Crippen molar-refractivity contribution in [3.8, 4) is 0 Å². The number of benzene rings is 1. The molecule has 0 saturated carbocycles. The SMILES string of the molecule is CC(O)CN(C(=O)NCCc1cc(F)c(F)c(F)c1)C(C)C. The van der Waals surface area contributed by atoms with E-state index in [2.05, 4.69) is 5.32 Å². The molecule has 1 unspecified atom stereocenters. The van der Waals surface area contributed by atoms with Crippen LogP contribution in [0.1, 0.15) is 26.3 Å². The third-order valence-electron chi connectivity index (χ3n) is 3.08. The summed E-state index contributed by atoms with van der Waals surface area (Å²) >= 11 is 0. The Morgan fingerprint density at radius 3 is 2.23 bits per heavy atom. The normalized spacial score (nSPS) is 12.4. The molecule has 0 heterocycles. The lowest BCUT2D eigenvalue weighted by molar-refractivity contribution is 0.119. The van der Waals surface area contributed by atoms with Gasteiger partial charge < -0.3 is 15.3 Å². The number of carbonyl (C=O) groups excluding carboxylic acids is 1. The van der Waals surface area contributed by atoms with Gasteiger partial charge in [-0.2, -0.15) is 0 Å². The standard InChI is InChI=1S/C15H21F3N2O2/c1-9(2)20(8-10(3)21)15(22)19-5-4-11-6-12(16)14(18)13(17)7-11/h6-7,9-10,21H,4-5,8H2,1-3H3,(H,19,22). The van der Waals surface area contributed by atoms with Crippen LogP contribution in [-0.4, -0.2) is 41.3 Å². The summed E-state index contributed by atoms with van der Waals surface area (Å²) in [5, 5.41) is 12.0. The highest BCUT2D eigenvalue weighted by Crippen LogP contribution is 2.13. The van der Waals surface area contributed by atoms with Gasteiger partial charge in [-0.25, -0.2) is 18.0 Å². The minimum Gasteiger partial charge on any atom is -0.392 e. The molecule has 4 nitrogen and oxygen atoms in total. The number of amides is 2. The molecule has 0 spiro atoms. The second-order valence-electron chi connectivity index (χ2n) is 5.45. The Balaban J connectivity index is 2.57. The number of aliphatic hydroxyl groups excluding tert-OH is 1. The molecule has 22 heavy (non-hydrogen) atoms. The molecule has 1 aromatic rings. The van der Waals surface area contributed by atoms with E-state index in [-0.39, 0.29) is 37.1 Å². The van der Waals surface area contributed by atoms with Gasteiger partial charge in [0.25, 0.3) is 0 Å². The molecule has 2 amide bonds. The van der Waals surface area contributed by atoms with Crippen molar-refractivity contribution in [3.63, 3.8) is 0 Å². The Hall–Kier alpha value is -1.76. The fourth-order valence-electron chi connectivity index (χ4n) is 1.98. The topological polar surface area (TPSA) is 52.6 Å². The first-order valence-corrected chi connectivity index (χ1v) is 7.08. The Morgan fingerprint density at radius 2 is 1.77 bits per heavy atom. The number of rotatable bonds is 6. The van der Waals surface area contributed by atoms with Crippen molar-refractivity contribution in [2.24, 2.45) is 0 Å². The van der Waals surface area contributed by atoms with Crippen LogP contribution in [0.2, 0.25) is 0 Å². The van der Waals surface area contributed by atoms with Gasteiger partial charge in [0.15, 0.2) is 17.5 Å². The van der Waals surface area contributed by atoms with Crippen molar-refractivity contribution in [1.29, 1.82) is 0 Å². The second kappa shape index (κ2) is 8.03. The average molecular weight is 318 g/mol. The molecular weight excluding hydrogens is 297 g/mol. The lowest BCUT2D eigenvalue weighted by atomic mass is 10.1. The van der Waals surface area contributed by atoms with Crippen LogP contribution in [0, 0.1) is 17.5 Å². The fourth-order valence-corrected chi connectivity index (χ4v) is 1.98. The molecule has 0 radical (unpaired) electrons. The van der Waals surface area contributed by atoms with Crippen molar-refractivity contribution in [2.75, 3.05) is 13.1 Å². The van der Waals surface area contributed by atoms with Crippen molar-refractivity contribution < 1.29 is 23.1 Å². The summed E-state index contributed by atoms with van der Waals surface area (Å²) in [7, 11) is 0. The molecule has 0 aliphatic carbocycles. The molecule has 2 N–H and O–H groups in total. The monoisotopic (exact) mass is 318 g/mol. The maximum absolute atomic E-state index is 13.1. The summed E-state index contributed by atoms with van der Waals surface area (Å²) in [5.41, 5.74) is 0.253. The van der Waals surface area contributed by atoms with E-state index in [1.165, 1.54) is 4.90 Å². The minimum absolute atomic E-state index is 0.102. The molecule has 1 atom stereocenters. The summed E-state index contributed by atoms with van der Waals surface area (Å²) in [4.78, 5) is 13.4. The van der Waals surface area contributed by atoms with Gasteiger partial charge in [-0.3, -0.25) is 0 Å². The van der Waals surface area contributed by atoms with Crippen LogP contribution >= 0.6 is 0 Å². The predicted octanol–water partition coefficient (Wildman–Crippen LogP) is 2.45.